The number of imidazole rings is 1. The second-order valence-electron chi connectivity index (χ2n) is 5.98. The summed E-state index contributed by atoms with van der Waals surface area (Å²) in [5.74, 6) is -0.266. The Morgan fingerprint density at radius 1 is 1.15 bits per heavy atom. The van der Waals surface area contributed by atoms with E-state index in [4.69, 9.17) is 10.7 Å². The zero-order valence-electron chi connectivity index (χ0n) is 14.5. The third-order valence-corrected chi connectivity index (χ3v) is 5.57. The smallest absolute Gasteiger partial charge is 0.166 e. The first-order valence-electron chi connectivity index (χ1n) is 8.29. The number of thiophene rings is 1. The molecule has 4 aromatic rings. The predicted octanol–water partition coefficient (Wildman–Crippen LogP) is 5.11. The highest BCUT2D eigenvalue weighted by Crippen LogP contribution is 2.33. The van der Waals surface area contributed by atoms with Gasteiger partial charge in [0, 0.05) is 17.3 Å². The third-order valence-electron chi connectivity index (χ3n) is 4.28. The number of pyridine rings is 1. The molecule has 3 N–H and O–H groups in total. The normalized spacial score (nSPS) is 12.3. The highest BCUT2D eigenvalue weighted by atomic mass is 32.2. The lowest BCUT2D eigenvalue weighted by atomic mass is 10.0. The molecule has 0 amide bonds. The van der Waals surface area contributed by atoms with Gasteiger partial charge in [0.25, 0.3) is 0 Å². The Labute approximate surface area is 164 Å². The predicted molar refractivity (Wildman–Crippen MR) is 109 cm³/mol. The molecule has 0 saturated heterocycles. The summed E-state index contributed by atoms with van der Waals surface area (Å²) in [4.78, 5) is 12.5. The average molecular weight is 397 g/mol. The van der Waals surface area contributed by atoms with Crippen LogP contribution in [0.4, 0.5) is 4.39 Å². The maximum absolute atomic E-state index is 13.3. The number of halogens is 1. The van der Waals surface area contributed by atoms with Gasteiger partial charge >= 0.3 is 0 Å². The van der Waals surface area contributed by atoms with Crippen LogP contribution in [0.3, 0.4) is 0 Å². The van der Waals surface area contributed by atoms with Crippen LogP contribution in [0.5, 0.6) is 0 Å². The van der Waals surface area contributed by atoms with Crippen molar-refractivity contribution in [1.82, 2.24) is 15.0 Å². The number of rotatable bonds is 5. The van der Waals surface area contributed by atoms with Crippen LogP contribution in [-0.2, 0) is 0 Å². The van der Waals surface area contributed by atoms with E-state index in [1.807, 2.05) is 35.2 Å². The Balaban J connectivity index is 1.78. The van der Waals surface area contributed by atoms with Gasteiger partial charge in [0.2, 0.25) is 0 Å². The molecule has 136 valence electrons. The van der Waals surface area contributed by atoms with E-state index in [0.29, 0.717) is 0 Å². The Morgan fingerprint density at radius 2 is 1.96 bits per heavy atom. The van der Waals surface area contributed by atoms with Crippen molar-refractivity contribution in [3.63, 3.8) is 0 Å². The van der Waals surface area contributed by atoms with Gasteiger partial charge in [-0.25, -0.2) is 9.37 Å². The van der Waals surface area contributed by atoms with Crippen LogP contribution < -0.4 is 5.73 Å². The van der Waals surface area contributed by atoms with E-state index in [2.05, 4.69) is 9.97 Å². The minimum Gasteiger partial charge on any atom is -0.332 e. The van der Waals surface area contributed by atoms with Gasteiger partial charge in [-0.2, -0.15) is 11.3 Å². The van der Waals surface area contributed by atoms with E-state index in [0.717, 1.165) is 38.9 Å². The minimum absolute atomic E-state index is 0.266. The number of nitrogens with zero attached hydrogens (tertiary/aromatic N) is 2. The van der Waals surface area contributed by atoms with Crippen molar-refractivity contribution in [1.29, 1.82) is 0 Å². The van der Waals surface area contributed by atoms with Gasteiger partial charge in [-0.05, 0) is 65.0 Å². The molecule has 0 aliphatic carbocycles. The Morgan fingerprint density at radius 3 is 2.67 bits per heavy atom. The lowest BCUT2D eigenvalue weighted by Crippen LogP contribution is -2.12. The molecule has 1 aromatic carbocycles. The summed E-state index contributed by atoms with van der Waals surface area (Å²) >= 11 is 3.14. The molecular weight excluding hydrogens is 379 g/mol. The molecule has 0 bridgehead atoms. The molecule has 4 rings (SSSR count). The van der Waals surface area contributed by atoms with Crippen molar-refractivity contribution in [2.45, 2.75) is 11.2 Å². The number of benzene rings is 1. The fourth-order valence-corrected chi connectivity index (χ4v) is 3.95. The zero-order chi connectivity index (χ0) is 18.8. The fraction of sp³-hybridized carbons (Fsp3) is 0.100. The number of aromatic nitrogens is 3. The van der Waals surface area contributed by atoms with Crippen LogP contribution in [0.25, 0.3) is 22.5 Å². The van der Waals surface area contributed by atoms with Gasteiger partial charge in [0.05, 0.1) is 23.1 Å². The molecule has 7 heteroatoms. The third kappa shape index (κ3) is 3.66. The van der Waals surface area contributed by atoms with Gasteiger partial charge in [-0.15, -0.1) is 0 Å². The van der Waals surface area contributed by atoms with Crippen LogP contribution >= 0.6 is 23.1 Å². The number of thioether (sulfide) groups is 1. The van der Waals surface area contributed by atoms with Gasteiger partial charge < -0.3 is 10.7 Å². The van der Waals surface area contributed by atoms with E-state index < -0.39 is 0 Å². The van der Waals surface area contributed by atoms with Crippen molar-refractivity contribution < 1.29 is 4.39 Å². The van der Waals surface area contributed by atoms with Crippen molar-refractivity contribution in [3.05, 3.63) is 76.5 Å². The Hall–Kier alpha value is -2.48. The molecule has 3 aromatic heterocycles. The largest absolute Gasteiger partial charge is 0.332 e. The maximum Gasteiger partial charge on any atom is 0.166 e. The standard InChI is InChI=1S/C20H17FN4S2/c1-26-20-24-18(12-2-4-15(21)5-3-12)19(25-20)13-6-8-23-16(10-13)17(22)14-7-9-27-11-14/h2-11,17H,22H2,1H3,(H,24,25). The zero-order valence-corrected chi connectivity index (χ0v) is 16.2. The number of H-pyrrole nitrogens is 1. The number of nitrogens with two attached hydrogens (primary N) is 1. The second-order valence-corrected chi connectivity index (χ2v) is 7.56. The summed E-state index contributed by atoms with van der Waals surface area (Å²) in [6, 6.07) is 12.0. The monoisotopic (exact) mass is 396 g/mol. The van der Waals surface area contributed by atoms with Crippen molar-refractivity contribution in [2.75, 3.05) is 6.26 Å². The summed E-state index contributed by atoms with van der Waals surface area (Å²) in [5, 5.41) is 4.83. The van der Waals surface area contributed by atoms with E-state index in [9.17, 15) is 4.39 Å². The highest BCUT2D eigenvalue weighted by molar-refractivity contribution is 7.98. The molecule has 1 atom stereocenters. The molecular formula is C20H17FN4S2. The molecule has 0 aliphatic rings. The second kappa shape index (κ2) is 7.64. The summed E-state index contributed by atoms with van der Waals surface area (Å²) in [6.07, 6.45) is 3.71. The molecule has 0 saturated carbocycles. The van der Waals surface area contributed by atoms with E-state index >= 15 is 0 Å². The Bertz CT molecular complexity index is 1040. The highest BCUT2D eigenvalue weighted by Gasteiger charge is 2.17. The lowest BCUT2D eigenvalue weighted by molar-refractivity contribution is 0.628. The van der Waals surface area contributed by atoms with Gasteiger partial charge in [-0.1, -0.05) is 11.8 Å². The van der Waals surface area contributed by atoms with E-state index in [1.54, 1.807) is 29.7 Å². The summed E-state index contributed by atoms with van der Waals surface area (Å²) < 4.78 is 13.3. The van der Waals surface area contributed by atoms with Crippen molar-refractivity contribution >= 4 is 23.1 Å². The lowest BCUT2D eigenvalue weighted by Gasteiger charge is -2.11. The number of hydrogen-bond donors (Lipinski definition) is 2. The molecule has 0 spiro atoms. The molecule has 3 heterocycles. The first-order valence-corrected chi connectivity index (χ1v) is 10.5. The summed E-state index contributed by atoms with van der Waals surface area (Å²) in [5.41, 5.74) is 11.6. The van der Waals surface area contributed by atoms with Crippen LogP contribution in [0.15, 0.2) is 64.6 Å². The van der Waals surface area contributed by atoms with Crippen molar-refractivity contribution in [2.24, 2.45) is 5.73 Å². The molecule has 1 unspecified atom stereocenters. The van der Waals surface area contributed by atoms with Crippen LogP contribution in [0.2, 0.25) is 0 Å². The first-order chi connectivity index (χ1) is 13.2. The molecule has 27 heavy (non-hydrogen) atoms. The van der Waals surface area contributed by atoms with Gasteiger partial charge in [0.15, 0.2) is 5.16 Å². The topological polar surface area (TPSA) is 67.6 Å². The van der Waals surface area contributed by atoms with Crippen LogP contribution in [0.1, 0.15) is 17.3 Å². The van der Waals surface area contributed by atoms with Crippen LogP contribution in [0, 0.1) is 5.82 Å². The minimum atomic E-state index is -0.288. The number of hydrogen-bond acceptors (Lipinski definition) is 5. The van der Waals surface area contributed by atoms with Crippen molar-refractivity contribution in [3.8, 4) is 22.5 Å². The molecule has 4 nitrogen and oxygen atoms in total. The first kappa shape index (κ1) is 17.9. The SMILES string of the molecule is CSc1nc(-c2ccnc(C(N)c3ccsc3)c2)c(-c2ccc(F)cc2)[nH]1. The summed E-state index contributed by atoms with van der Waals surface area (Å²) in [6.45, 7) is 0. The van der Waals surface area contributed by atoms with Gasteiger partial charge in [0.1, 0.15) is 5.82 Å². The van der Waals surface area contributed by atoms with Gasteiger partial charge in [-0.3, -0.25) is 4.98 Å². The fourth-order valence-electron chi connectivity index (χ4n) is 2.87. The Kier molecular flexibility index (Phi) is 5.07. The number of aromatic amines is 1. The number of nitrogens with one attached hydrogen (secondary N) is 1. The van der Waals surface area contributed by atoms with E-state index in [-0.39, 0.29) is 11.9 Å². The summed E-state index contributed by atoms with van der Waals surface area (Å²) in [7, 11) is 0. The molecule has 0 radical (unpaired) electrons. The maximum atomic E-state index is 13.3. The van der Waals surface area contributed by atoms with E-state index in [1.165, 1.54) is 23.9 Å². The molecule has 0 aliphatic heterocycles. The quantitative estimate of drug-likeness (QED) is 0.460. The molecule has 0 fully saturated rings. The average Bonchev–Trinajstić information content (AvgIpc) is 3.38. The van der Waals surface area contributed by atoms with Crippen LogP contribution in [-0.4, -0.2) is 21.2 Å².